The number of esters is 1. The van der Waals surface area contributed by atoms with Gasteiger partial charge in [0.05, 0.1) is 53.4 Å². The van der Waals surface area contributed by atoms with E-state index in [9.17, 15) is 35.1 Å². The third-order valence-electron chi connectivity index (χ3n) is 7.56. The van der Waals surface area contributed by atoms with Gasteiger partial charge in [-0.25, -0.2) is 9.79 Å². The number of fused-ring (bicyclic) bond motifs is 3. The largest absolute Gasteiger partial charge is 0.503 e. The van der Waals surface area contributed by atoms with Gasteiger partial charge in [-0.1, -0.05) is 24.3 Å². The van der Waals surface area contributed by atoms with Gasteiger partial charge in [0, 0.05) is 18.5 Å². The van der Waals surface area contributed by atoms with Crippen LogP contribution in [-0.4, -0.2) is 86.8 Å². The first-order valence-corrected chi connectivity index (χ1v) is 12.8. The number of methoxy groups -OCH3 is 1. The molecule has 13 nitrogen and oxygen atoms in total. The lowest BCUT2D eigenvalue weighted by molar-refractivity contribution is -0.338. The molecule has 3 aliphatic heterocycles. The number of hydrogen-bond donors (Lipinski definition) is 5. The molecule has 3 aliphatic rings. The molecule has 4 heterocycles. The molecule has 2 aromatic rings. The number of para-hydroxylation sites is 1. The van der Waals surface area contributed by atoms with Crippen molar-refractivity contribution in [2.24, 2.45) is 23.9 Å². The number of pyridine rings is 1. The van der Waals surface area contributed by atoms with Crippen molar-refractivity contribution in [2.45, 2.75) is 37.0 Å². The molecule has 0 radical (unpaired) electrons. The van der Waals surface area contributed by atoms with Crippen LogP contribution in [0.2, 0.25) is 0 Å². The van der Waals surface area contributed by atoms with Crippen molar-refractivity contribution < 1.29 is 49.3 Å². The van der Waals surface area contributed by atoms with Gasteiger partial charge in [-0.2, -0.15) is 0 Å². The van der Waals surface area contributed by atoms with Crippen molar-refractivity contribution in [1.29, 1.82) is 0 Å². The Kier molecular flexibility index (Phi) is 7.83. The van der Waals surface area contributed by atoms with E-state index in [0.29, 0.717) is 22.0 Å². The monoisotopic (exact) mass is 570 g/mol. The summed E-state index contributed by atoms with van der Waals surface area (Å²) in [6.07, 6.45) is -4.82. The molecule has 1 aromatic carbocycles. The number of aliphatic hydroxyl groups is 4. The highest BCUT2D eigenvalue weighted by molar-refractivity contribution is 5.90. The molecule has 41 heavy (non-hydrogen) atoms. The van der Waals surface area contributed by atoms with E-state index in [2.05, 4.69) is 11.6 Å². The van der Waals surface area contributed by atoms with Gasteiger partial charge in [-0.3, -0.25) is 4.79 Å². The molecule has 5 N–H and O–H groups in total. The Bertz CT molecular complexity index is 1580. The summed E-state index contributed by atoms with van der Waals surface area (Å²) < 4.78 is 23.2. The van der Waals surface area contributed by atoms with E-state index >= 15 is 0 Å². The molecule has 0 amide bonds. The Balaban J connectivity index is 1.62. The van der Waals surface area contributed by atoms with Crippen LogP contribution in [0, 0.1) is 11.8 Å². The molecule has 218 valence electrons. The van der Waals surface area contributed by atoms with Gasteiger partial charge in [0.15, 0.2) is 12.0 Å². The fourth-order valence-corrected chi connectivity index (χ4v) is 5.29. The number of aromatic nitrogens is 1. The third kappa shape index (κ3) is 4.76. The highest BCUT2D eigenvalue weighted by atomic mass is 16.8. The molecule has 0 bridgehead atoms. The maximum atomic E-state index is 13.1. The lowest BCUT2D eigenvalue weighted by Gasteiger charge is -2.42. The Hall–Kier alpha value is -3.85. The van der Waals surface area contributed by atoms with Crippen molar-refractivity contribution in [2.75, 3.05) is 13.7 Å². The first kappa shape index (κ1) is 28.7. The maximum absolute atomic E-state index is 13.1. The minimum atomic E-state index is -1.70. The first-order valence-electron chi connectivity index (χ1n) is 12.8. The lowest BCUT2D eigenvalue weighted by Crippen LogP contribution is -2.60. The van der Waals surface area contributed by atoms with Crippen LogP contribution in [0.4, 0.5) is 5.69 Å². The molecule has 8 atom stereocenters. The predicted octanol–water partition coefficient (Wildman–Crippen LogP) is -1.55. The molecule has 1 fully saturated rings. The van der Waals surface area contributed by atoms with Crippen molar-refractivity contribution in [3.8, 4) is 16.9 Å². The second kappa shape index (κ2) is 11.2. The molecule has 0 spiro atoms. The van der Waals surface area contributed by atoms with Gasteiger partial charge >= 0.3 is 5.97 Å². The second-order valence-corrected chi connectivity index (χ2v) is 9.86. The number of nitrogens with zero attached hydrogens (tertiary/aromatic N) is 2. The summed E-state index contributed by atoms with van der Waals surface area (Å²) >= 11 is 0. The van der Waals surface area contributed by atoms with Gasteiger partial charge in [-0.05, 0) is 12.1 Å². The number of carbonyl (C=O) groups is 1. The Morgan fingerprint density at radius 2 is 1.90 bits per heavy atom. The summed E-state index contributed by atoms with van der Waals surface area (Å²) in [4.78, 5) is 30.5. The van der Waals surface area contributed by atoms with Crippen LogP contribution in [-0.2, 0) is 30.8 Å². The topological polar surface area (TPSA) is 190 Å². The smallest absolute Gasteiger partial charge is 0.337 e. The van der Waals surface area contributed by atoms with E-state index in [4.69, 9.17) is 18.9 Å². The van der Waals surface area contributed by atoms with Crippen LogP contribution in [0.1, 0.15) is 0 Å². The minimum absolute atomic E-state index is 0.0517. The maximum Gasteiger partial charge on any atom is 0.337 e. The van der Waals surface area contributed by atoms with Crippen LogP contribution in [0.15, 0.2) is 58.5 Å². The van der Waals surface area contributed by atoms with E-state index < -0.39 is 72.7 Å². The number of carbonyl (C=O) groups excluding carboxylic acids is 1. The average Bonchev–Trinajstić information content (AvgIpc) is 3.37. The fraction of sp³-hybridized carbons (Fsp3) is 0.393. The van der Waals surface area contributed by atoms with E-state index in [1.54, 1.807) is 30.3 Å². The number of aliphatic hydroxyl groups excluding tert-OH is 4. The van der Waals surface area contributed by atoms with Gasteiger partial charge < -0.3 is 49.0 Å². The van der Waals surface area contributed by atoms with Crippen molar-refractivity contribution in [3.63, 3.8) is 0 Å². The molecule has 0 aliphatic carbocycles. The summed E-state index contributed by atoms with van der Waals surface area (Å²) in [7, 11) is 2.65. The molecule has 1 aromatic heterocycles. The number of hydrogen-bond acceptors (Lipinski definition) is 12. The van der Waals surface area contributed by atoms with E-state index in [0.717, 1.165) is 6.26 Å². The van der Waals surface area contributed by atoms with Crippen molar-refractivity contribution in [3.05, 3.63) is 69.8 Å². The zero-order valence-corrected chi connectivity index (χ0v) is 22.2. The minimum Gasteiger partial charge on any atom is -0.503 e. The van der Waals surface area contributed by atoms with Crippen LogP contribution >= 0.6 is 0 Å². The number of aromatic hydroxyl groups is 1. The second-order valence-electron chi connectivity index (χ2n) is 9.86. The third-order valence-corrected chi connectivity index (χ3v) is 7.56. The molecular weight excluding hydrogens is 540 g/mol. The van der Waals surface area contributed by atoms with Gasteiger partial charge in [-0.15, -0.1) is 6.58 Å². The van der Waals surface area contributed by atoms with E-state index in [-0.39, 0.29) is 11.1 Å². The summed E-state index contributed by atoms with van der Waals surface area (Å²) in [6.45, 7) is 3.19. The molecule has 0 saturated carbocycles. The molecular formula is C28H30N2O11. The average molecular weight is 571 g/mol. The number of ether oxygens (including phenoxy) is 4. The van der Waals surface area contributed by atoms with Gasteiger partial charge in [0.25, 0.3) is 5.56 Å². The molecule has 1 saturated heterocycles. The van der Waals surface area contributed by atoms with Crippen LogP contribution in [0.5, 0.6) is 5.75 Å². The SMILES string of the molecule is C=C[C@H]1[C@H](O[C@@H]2O[C@H](CO)[C@@H](O)[C@H](O)[C@H]2O)OC=C(C(=O)OC)[C@H]1/C=c1\c2c(c(O)c(=O)n1C)-c1ccccc1N=2. The normalized spacial score (nSPS) is 30.9. The molecule has 0 unspecified atom stereocenters. The number of rotatable bonds is 6. The van der Waals surface area contributed by atoms with Crippen LogP contribution in [0.3, 0.4) is 0 Å². The zero-order valence-electron chi connectivity index (χ0n) is 22.2. The van der Waals surface area contributed by atoms with Gasteiger partial charge in [0.1, 0.15) is 24.4 Å². The Morgan fingerprint density at radius 3 is 2.59 bits per heavy atom. The fourth-order valence-electron chi connectivity index (χ4n) is 5.29. The summed E-state index contributed by atoms with van der Waals surface area (Å²) in [5.41, 5.74) is 0.762. The molecule has 5 rings (SSSR count). The predicted molar refractivity (Wildman–Crippen MR) is 141 cm³/mol. The zero-order chi connectivity index (χ0) is 29.6. The van der Waals surface area contributed by atoms with Crippen molar-refractivity contribution >= 4 is 17.7 Å². The molecule has 13 heteroatoms. The van der Waals surface area contributed by atoms with Gasteiger partial charge in [0.2, 0.25) is 6.29 Å². The first-order chi connectivity index (χ1) is 19.6. The van der Waals surface area contributed by atoms with E-state index in [1.165, 1.54) is 24.8 Å². The van der Waals surface area contributed by atoms with Crippen LogP contribution in [0.25, 0.3) is 17.2 Å². The van der Waals surface area contributed by atoms with E-state index in [1.807, 2.05) is 0 Å². The Labute approximate surface area is 233 Å². The lowest BCUT2D eigenvalue weighted by atomic mass is 9.83. The summed E-state index contributed by atoms with van der Waals surface area (Å²) in [5, 5.41) is 51.6. The number of benzene rings is 1. The highest BCUT2D eigenvalue weighted by Gasteiger charge is 2.47. The summed E-state index contributed by atoms with van der Waals surface area (Å²) in [6, 6.07) is 7.01. The quantitative estimate of drug-likeness (QED) is 0.170. The summed E-state index contributed by atoms with van der Waals surface area (Å²) in [5.74, 6) is -2.94. The standard InChI is InChI=1S/C28H30N2O11/c1-4-12-14(9-17-20-19(22(33)25(36)30(17)2)13-7-5-6-8-16(13)29-20)15(26(37)38-3)11-39-27(12)41-28-24(35)23(34)21(32)18(10-31)40-28/h4-9,11-12,14,18,21,23-24,27-28,31-35H,1,10H2,2-3H3/b17-9+/t12-,14+,18-,21-,23+,24-,27+,28+/m1/s1. The highest BCUT2D eigenvalue weighted by Crippen LogP contribution is 2.37. The van der Waals surface area contributed by atoms with Crippen LogP contribution < -0.4 is 16.3 Å². The van der Waals surface area contributed by atoms with Crippen molar-refractivity contribution in [1.82, 2.24) is 4.57 Å². The Morgan fingerprint density at radius 1 is 1.17 bits per heavy atom.